The SMILES string of the molecule is O=C(CN(Cc1ccccc1Cl)S(=O)(=O)c1ccc(Br)cc1)N1CCc2cc(Br)ccc21. The van der Waals surface area contributed by atoms with Crippen molar-refractivity contribution in [3.05, 3.63) is 91.8 Å². The van der Waals surface area contributed by atoms with Crippen LogP contribution in [0.25, 0.3) is 0 Å². The van der Waals surface area contributed by atoms with Gasteiger partial charge < -0.3 is 4.90 Å². The molecule has 1 aliphatic heterocycles. The van der Waals surface area contributed by atoms with Crippen molar-refractivity contribution in [1.82, 2.24) is 4.31 Å². The van der Waals surface area contributed by atoms with Crippen LogP contribution in [0.3, 0.4) is 0 Å². The molecule has 1 heterocycles. The largest absolute Gasteiger partial charge is 0.311 e. The van der Waals surface area contributed by atoms with Crippen LogP contribution in [-0.2, 0) is 27.8 Å². The summed E-state index contributed by atoms with van der Waals surface area (Å²) in [5.41, 5.74) is 2.51. The molecule has 3 aromatic rings. The molecule has 0 atom stereocenters. The molecular formula is C23H19Br2ClN2O3S. The molecule has 0 N–H and O–H groups in total. The van der Waals surface area contributed by atoms with Gasteiger partial charge in [0.1, 0.15) is 0 Å². The summed E-state index contributed by atoms with van der Waals surface area (Å²) in [6, 6.07) is 19.2. The third-order valence-electron chi connectivity index (χ3n) is 5.31. The van der Waals surface area contributed by atoms with E-state index < -0.39 is 10.0 Å². The van der Waals surface area contributed by atoms with Crippen molar-refractivity contribution in [3.8, 4) is 0 Å². The van der Waals surface area contributed by atoms with Crippen molar-refractivity contribution in [3.63, 3.8) is 0 Å². The second-order valence-corrected chi connectivity index (χ2v) is 11.6. The van der Waals surface area contributed by atoms with Crippen molar-refractivity contribution in [1.29, 1.82) is 0 Å². The number of carbonyl (C=O) groups excluding carboxylic acids is 1. The first-order valence-electron chi connectivity index (χ1n) is 9.83. The summed E-state index contributed by atoms with van der Waals surface area (Å²) >= 11 is 13.1. The fourth-order valence-electron chi connectivity index (χ4n) is 3.66. The minimum atomic E-state index is -3.94. The highest BCUT2D eigenvalue weighted by molar-refractivity contribution is 9.10. The summed E-state index contributed by atoms with van der Waals surface area (Å²) < 4.78 is 29.9. The standard InChI is InChI=1S/C23H19Br2ClN2O3S/c24-18-5-8-20(9-6-18)32(30,31)27(14-17-3-1-2-4-21(17)26)15-23(29)28-12-11-16-13-19(25)7-10-22(16)28/h1-10,13H,11-12,14-15H2. The Labute approximate surface area is 209 Å². The smallest absolute Gasteiger partial charge is 0.243 e. The zero-order valence-electron chi connectivity index (χ0n) is 16.8. The molecule has 9 heteroatoms. The van der Waals surface area contributed by atoms with Crippen LogP contribution >= 0.6 is 43.5 Å². The van der Waals surface area contributed by atoms with E-state index in [9.17, 15) is 13.2 Å². The number of sulfonamides is 1. The van der Waals surface area contributed by atoms with Gasteiger partial charge in [-0.2, -0.15) is 4.31 Å². The number of anilines is 1. The van der Waals surface area contributed by atoms with Crippen LogP contribution in [-0.4, -0.2) is 31.7 Å². The van der Waals surface area contributed by atoms with Crippen LogP contribution in [0.15, 0.2) is 80.6 Å². The van der Waals surface area contributed by atoms with E-state index in [1.165, 1.54) is 16.4 Å². The van der Waals surface area contributed by atoms with Gasteiger partial charge in [0, 0.05) is 32.7 Å². The van der Waals surface area contributed by atoms with Gasteiger partial charge in [0.15, 0.2) is 0 Å². The number of fused-ring (bicyclic) bond motifs is 1. The van der Waals surface area contributed by atoms with Gasteiger partial charge in [0.25, 0.3) is 0 Å². The van der Waals surface area contributed by atoms with Crippen LogP contribution in [0.1, 0.15) is 11.1 Å². The fourth-order valence-corrected chi connectivity index (χ4v) is 5.90. The predicted molar refractivity (Wildman–Crippen MR) is 133 cm³/mol. The molecule has 4 rings (SSSR count). The molecule has 0 bridgehead atoms. The van der Waals surface area contributed by atoms with E-state index in [0.29, 0.717) is 17.1 Å². The molecule has 0 aromatic heterocycles. The van der Waals surface area contributed by atoms with E-state index in [2.05, 4.69) is 31.9 Å². The van der Waals surface area contributed by atoms with E-state index in [-0.39, 0.29) is 23.9 Å². The van der Waals surface area contributed by atoms with Crippen molar-refractivity contribution in [2.75, 3.05) is 18.0 Å². The second kappa shape index (κ2) is 9.65. The van der Waals surface area contributed by atoms with Crippen molar-refractivity contribution in [2.45, 2.75) is 17.9 Å². The molecule has 1 amide bonds. The Kier molecular flexibility index (Phi) is 7.07. The monoisotopic (exact) mass is 596 g/mol. The Morgan fingerprint density at radius 2 is 1.69 bits per heavy atom. The van der Waals surface area contributed by atoms with Crippen LogP contribution in [0.4, 0.5) is 5.69 Å². The molecular weight excluding hydrogens is 580 g/mol. The van der Waals surface area contributed by atoms with Gasteiger partial charge in [0.05, 0.1) is 11.4 Å². The highest BCUT2D eigenvalue weighted by Crippen LogP contribution is 2.31. The molecule has 0 radical (unpaired) electrons. The van der Waals surface area contributed by atoms with Gasteiger partial charge in [-0.1, -0.05) is 61.7 Å². The number of halogens is 3. The first-order valence-corrected chi connectivity index (χ1v) is 13.2. The zero-order valence-corrected chi connectivity index (χ0v) is 21.6. The maximum atomic E-state index is 13.5. The predicted octanol–water partition coefficient (Wildman–Crippen LogP) is 5.65. The molecule has 166 valence electrons. The van der Waals surface area contributed by atoms with Crippen molar-refractivity contribution < 1.29 is 13.2 Å². The lowest BCUT2D eigenvalue weighted by atomic mass is 10.2. The number of carbonyl (C=O) groups is 1. The highest BCUT2D eigenvalue weighted by Gasteiger charge is 2.32. The van der Waals surface area contributed by atoms with Gasteiger partial charge in [-0.15, -0.1) is 0 Å². The fraction of sp³-hybridized carbons (Fsp3) is 0.174. The lowest BCUT2D eigenvalue weighted by Gasteiger charge is -2.25. The summed E-state index contributed by atoms with van der Waals surface area (Å²) in [5.74, 6) is -0.279. The molecule has 0 saturated heterocycles. The summed E-state index contributed by atoms with van der Waals surface area (Å²) in [4.78, 5) is 15.0. The Hall–Kier alpha value is -1.71. The molecule has 1 aliphatic rings. The Balaban J connectivity index is 1.66. The van der Waals surface area contributed by atoms with Crippen LogP contribution < -0.4 is 4.90 Å². The first kappa shape index (κ1) is 23.4. The van der Waals surface area contributed by atoms with Gasteiger partial charge in [-0.25, -0.2) is 8.42 Å². The minimum Gasteiger partial charge on any atom is -0.311 e. The highest BCUT2D eigenvalue weighted by atomic mass is 79.9. The Morgan fingerprint density at radius 1 is 1.00 bits per heavy atom. The molecule has 5 nitrogen and oxygen atoms in total. The van der Waals surface area contributed by atoms with Gasteiger partial charge >= 0.3 is 0 Å². The molecule has 0 saturated carbocycles. The number of nitrogens with zero attached hydrogens (tertiary/aromatic N) is 2. The van der Waals surface area contributed by atoms with E-state index in [4.69, 9.17) is 11.6 Å². The normalized spacial score (nSPS) is 13.4. The van der Waals surface area contributed by atoms with Crippen LogP contribution in [0.2, 0.25) is 5.02 Å². The summed E-state index contributed by atoms with van der Waals surface area (Å²) in [7, 11) is -3.94. The molecule has 0 fully saturated rings. The molecule has 32 heavy (non-hydrogen) atoms. The number of hydrogen-bond acceptors (Lipinski definition) is 3. The molecule has 0 unspecified atom stereocenters. The van der Waals surface area contributed by atoms with E-state index in [1.807, 2.05) is 18.2 Å². The Bertz CT molecular complexity index is 1270. The number of rotatable bonds is 6. The lowest BCUT2D eigenvalue weighted by molar-refractivity contribution is -0.118. The van der Waals surface area contributed by atoms with Gasteiger partial charge in [-0.3, -0.25) is 4.79 Å². The average molecular weight is 599 g/mol. The maximum absolute atomic E-state index is 13.5. The topological polar surface area (TPSA) is 57.7 Å². The molecule has 0 aliphatic carbocycles. The second-order valence-electron chi connectivity index (χ2n) is 7.39. The quantitative estimate of drug-likeness (QED) is 0.369. The first-order chi connectivity index (χ1) is 15.3. The van der Waals surface area contributed by atoms with Crippen molar-refractivity contribution >= 4 is 65.1 Å². The zero-order chi connectivity index (χ0) is 22.9. The lowest BCUT2D eigenvalue weighted by Crippen LogP contribution is -2.42. The van der Waals surface area contributed by atoms with Crippen LogP contribution in [0.5, 0.6) is 0 Å². The third kappa shape index (κ3) is 4.94. The molecule has 0 spiro atoms. The van der Waals surface area contributed by atoms with E-state index in [1.54, 1.807) is 41.3 Å². The molecule has 3 aromatic carbocycles. The number of amides is 1. The van der Waals surface area contributed by atoms with Crippen molar-refractivity contribution in [2.24, 2.45) is 0 Å². The van der Waals surface area contributed by atoms with E-state index in [0.717, 1.165) is 26.6 Å². The van der Waals surface area contributed by atoms with Gasteiger partial charge in [0.2, 0.25) is 15.9 Å². The average Bonchev–Trinajstić information content (AvgIpc) is 3.18. The van der Waals surface area contributed by atoms with E-state index >= 15 is 0 Å². The number of benzene rings is 3. The minimum absolute atomic E-state index is 0.00908. The van der Waals surface area contributed by atoms with Crippen LogP contribution in [0, 0.1) is 0 Å². The Morgan fingerprint density at radius 3 is 2.41 bits per heavy atom. The van der Waals surface area contributed by atoms with Gasteiger partial charge in [-0.05, 0) is 66.1 Å². The maximum Gasteiger partial charge on any atom is 0.243 e. The summed E-state index contributed by atoms with van der Waals surface area (Å²) in [6.45, 7) is 0.215. The third-order valence-corrected chi connectivity index (χ3v) is 8.50. The number of hydrogen-bond donors (Lipinski definition) is 0. The summed E-state index contributed by atoms with van der Waals surface area (Å²) in [5, 5.41) is 0.451. The summed E-state index contributed by atoms with van der Waals surface area (Å²) in [6.07, 6.45) is 0.727.